The Kier molecular flexibility index (Phi) is 4.89. The fourth-order valence-corrected chi connectivity index (χ4v) is 5.37. The lowest BCUT2D eigenvalue weighted by Crippen LogP contribution is -2.13. The molecule has 3 N–H and O–H groups in total. The molecule has 3 heterocycles. The van der Waals surface area contributed by atoms with Crippen molar-refractivity contribution in [1.82, 2.24) is 14.8 Å². The van der Waals surface area contributed by atoms with Gasteiger partial charge in [0.1, 0.15) is 17.3 Å². The number of nitrogens with zero attached hydrogens (tertiary/aromatic N) is 3. The largest absolute Gasteiger partial charge is 0.457 e. The van der Waals surface area contributed by atoms with Gasteiger partial charge >= 0.3 is 0 Å². The van der Waals surface area contributed by atoms with E-state index in [0.29, 0.717) is 45.5 Å². The molecule has 4 aromatic rings. The van der Waals surface area contributed by atoms with Crippen LogP contribution in [0.2, 0.25) is 0 Å². The minimum Gasteiger partial charge on any atom is -0.457 e. The van der Waals surface area contributed by atoms with E-state index in [-0.39, 0.29) is 5.91 Å². The van der Waals surface area contributed by atoms with Crippen molar-refractivity contribution in [2.45, 2.75) is 18.2 Å². The SMILES string of the molecule is Cc1ccc(NC(=O)c2cc(Oc3ccc4c(c3)CCS4(O)O)c3cn(C)nc3c2)nc1. The average molecular weight is 451 g/mol. The van der Waals surface area contributed by atoms with Crippen LogP contribution in [0, 0.1) is 6.92 Å². The molecule has 164 valence electrons. The molecule has 0 saturated heterocycles. The maximum Gasteiger partial charge on any atom is 0.257 e. The summed E-state index contributed by atoms with van der Waals surface area (Å²) in [7, 11) is -0.899. The number of amides is 1. The Morgan fingerprint density at radius 1 is 1.19 bits per heavy atom. The van der Waals surface area contributed by atoms with Crippen molar-refractivity contribution in [1.29, 1.82) is 0 Å². The van der Waals surface area contributed by atoms with Gasteiger partial charge in [0.2, 0.25) is 0 Å². The molecule has 1 aliphatic rings. The molecule has 2 aromatic heterocycles. The van der Waals surface area contributed by atoms with E-state index >= 15 is 0 Å². The number of carbonyl (C=O) groups is 1. The van der Waals surface area contributed by atoms with Gasteiger partial charge in [0.05, 0.1) is 15.8 Å². The zero-order valence-electron chi connectivity index (χ0n) is 17.6. The second-order valence-electron chi connectivity index (χ2n) is 7.88. The molecule has 0 radical (unpaired) electrons. The summed E-state index contributed by atoms with van der Waals surface area (Å²) in [4.78, 5) is 17.7. The number of pyridine rings is 1. The van der Waals surface area contributed by atoms with E-state index < -0.39 is 10.6 Å². The number of nitrogens with one attached hydrogen (secondary N) is 1. The van der Waals surface area contributed by atoms with Crippen LogP contribution in [0.25, 0.3) is 10.9 Å². The summed E-state index contributed by atoms with van der Waals surface area (Å²) in [5, 5.41) is 8.00. The number of ether oxygens (including phenoxy) is 1. The molecule has 32 heavy (non-hydrogen) atoms. The van der Waals surface area contributed by atoms with E-state index in [1.54, 1.807) is 48.3 Å². The van der Waals surface area contributed by atoms with Gasteiger partial charge in [-0.2, -0.15) is 15.7 Å². The first-order chi connectivity index (χ1) is 15.3. The molecule has 0 fully saturated rings. The highest BCUT2D eigenvalue weighted by molar-refractivity contribution is 8.24. The van der Waals surface area contributed by atoms with Gasteiger partial charge in [-0.05, 0) is 60.9 Å². The number of hydrogen-bond donors (Lipinski definition) is 3. The van der Waals surface area contributed by atoms with Crippen molar-refractivity contribution in [3.8, 4) is 11.5 Å². The second kappa shape index (κ2) is 7.63. The molecule has 1 aliphatic heterocycles. The van der Waals surface area contributed by atoms with Crippen molar-refractivity contribution < 1.29 is 18.6 Å². The van der Waals surface area contributed by atoms with Crippen LogP contribution in [0.15, 0.2) is 59.8 Å². The van der Waals surface area contributed by atoms with Crippen molar-refractivity contribution in [2.24, 2.45) is 7.05 Å². The third-order valence-corrected chi connectivity index (χ3v) is 7.26. The van der Waals surface area contributed by atoms with Gasteiger partial charge in [0, 0.05) is 30.8 Å². The summed E-state index contributed by atoms with van der Waals surface area (Å²) < 4.78 is 28.1. The summed E-state index contributed by atoms with van der Waals surface area (Å²) >= 11 is 0. The molecule has 0 spiro atoms. The van der Waals surface area contributed by atoms with Gasteiger partial charge in [0.15, 0.2) is 0 Å². The lowest BCUT2D eigenvalue weighted by molar-refractivity contribution is 0.102. The molecule has 2 aromatic carbocycles. The third kappa shape index (κ3) is 3.81. The fourth-order valence-electron chi connectivity index (χ4n) is 3.78. The van der Waals surface area contributed by atoms with E-state index in [4.69, 9.17) is 4.74 Å². The summed E-state index contributed by atoms with van der Waals surface area (Å²) in [5.41, 5.74) is 2.89. The number of carbonyl (C=O) groups excluding carboxylic acids is 1. The highest BCUT2D eigenvalue weighted by Gasteiger charge is 2.27. The summed E-state index contributed by atoms with van der Waals surface area (Å²) in [6.07, 6.45) is 4.11. The average Bonchev–Trinajstić information content (AvgIpc) is 3.28. The number of rotatable bonds is 4. The van der Waals surface area contributed by atoms with Gasteiger partial charge in [-0.15, -0.1) is 0 Å². The lowest BCUT2D eigenvalue weighted by atomic mass is 10.1. The van der Waals surface area contributed by atoms with Gasteiger partial charge in [-0.1, -0.05) is 6.07 Å². The monoisotopic (exact) mass is 450 g/mol. The Balaban J connectivity index is 1.49. The number of hydrogen-bond acceptors (Lipinski definition) is 6. The van der Waals surface area contributed by atoms with Gasteiger partial charge in [-0.3, -0.25) is 18.6 Å². The van der Waals surface area contributed by atoms with E-state index in [0.717, 1.165) is 16.5 Å². The van der Waals surface area contributed by atoms with Crippen LogP contribution < -0.4 is 10.1 Å². The van der Waals surface area contributed by atoms with Crippen LogP contribution in [0.3, 0.4) is 0 Å². The molecular formula is C23H22N4O4S. The number of fused-ring (bicyclic) bond motifs is 2. The van der Waals surface area contributed by atoms with Crippen LogP contribution in [0.1, 0.15) is 21.5 Å². The molecule has 0 bridgehead atoms. The molecule has 9 heteroatoms. The van der Waals surface area contributed by atoms with E-state index in [2.05, 4.69) is 15.4 Å². The first kappa shape index (κ1) is 20.5. The molecule has 1 amide bonds. The predicted molar refractivity (Wildman–Crippen MR) is 124 cm³/mol. The third-order valence-electron chi connectivity index (χ3n) is 5.38. The highest BCUT2D eigenvalue weighted by Crippen LogP contribution is 2.55. The van der Waals surface area contributed by atoms with Crippen LogP contribution in [0.4, 0.5) is 5.82 Å². The lowest BCUT2D eigenvalue weighted by Gasteiger charge is -2.27. The van der Waals surface area contributed by atoms with Gasteiger partial charge in [-0.25, -0.2) is 4.98 Å². The van der Waals surface area contributed by atoms with E-state index in [9.17, 15) is 13.9 Å². The molecule has 0 unspecified atom stereocenters. The van der Waals surface area contributed by atoms with Crippen molar-refractivity contribution in [3.63, 3.8) is 0 Å². The first-order valence-electron chi connectivity index (χ1n) is 10.1. The number of anilines is 1. The van der Waals surface area contributed by atoms with Crippen molar-refractivity contribution in [3.05, 3.63) is 71.5 Å². The Bertz CT molecular complexity index is 1350. The first-order valence-corrected chi connectivity index (χ1v) is 11.8. The minimum atomic E-state index is -2.70. The Labute approximate surface area is 186 Å². The Morgan fingerprint density at radius 3 is 2.81 bits per heavy atom. The summed E-state index contributed by atoms with van der Waals surface area (Å²) in [6.45, 7) is 1.93. The van der Waals surface area contributed by atoms with E-state index in [1.165, 1.54) is 0 Å². The van der Waals surface area contributed by atoms with Crippen LogP contribution >= 0.6 is 10.6 Å². The molecule has 5 rings (SSSR count). The number of benzene rings is 2. The minimum absolute atomic E-state index is 0.318. The summed E-state index contributed by atoms with van der Waals surface area (Å²) in [5.74, 6) is 1.52. The molecule has 0 atom stereocenters. The van der Waals surface area contributed by atoms with Gasteiger partial charge < -0.3 is 10.1 Å². The standard InChI is InChI=1S/C23H22N4O4S/c1-14-3-6-22(24-12-14)25-23(28)16-10-19-18(13-27(2)26-19)20(11-16)31-17-4-5-21-15(9-17)7-8-32(21,29)30/h3-6,9-13,29-30H,7-8H2,1-2H3,(H,24,25,28). The molecule has 0 aliphatic carbocycles. The van der Waals surface area contributed by atoms with Crippen molar-refractivity contribution >= 4 is 33.2 Å². The summed E-state index contributed by atoms with van der Waals surface area (Å²) in [6, 6.07) is 12.2. The maximum atomic E-state index is 12.9. The molecule has 8 nitrogen and oxygen atoms in total. The van der Waals surface area contributed by atoms with Crippen molar-refractivity contribution in [2.75, 3.05) is 11.1 Å². The highest BCUT2D eigenvalue weighted by atomic mass is 32.3. The normalized spacial score (nSPS) is 15.4. The zero-order valence-corrected chi connectivity index (χ0v) is 18.4. The van der Waals surface area contributed by atoms with Gasteiger partial charge in [0.25, 0.3) is 5.91 Å². The van der Waals surface area contributed by atoms with E-state index in [1.807, 2.05) is 25.3 Å². The Hall–Kier alpha value is -3.40. The second-order valence-corrected chi connectivity index (χ2v) is 10.1. The predicted octanol–water partition coefficient (Wildman–Crippen LogP) is 4.99. The number of aromatic nitrogens is 3. The topological polar surface area (TPSA) is 110 Å². The smallest absolute Gasteiger partial charge is 0.257 e. The van der Waals surface area contributed by atoms with Crippen LogP contribution in [-0.2, 0) is 13.5 Å². The fraction of sp³-hybridized carbons (Fsp3) is 0.174. The quantitative estimate of drug-likeness (QED) is 0.404. The van der Waals surface area contributed by atoms with Crippen LogP contribution in [-0.4, -0.2) is 35.5 Å². The molecular weight excluding hydrogens is 428 g/mol. The molecule has 0 saturated carbocycles. The number of aryl methyl sites for hydroxylation is 3. The Morgan fingerprint density at radius 2 is 2.03 bits per heavy atom. The van der Waals surface area contributed by atoms with Crippen LogP contribution in [0.5, 0.6) is 11.5 Å². The maximum absolute atomic E-state index is 12.9. The zero-order chi connectivity index (χ0) is 22.5.